The fraction of sp³-hybridized carbons (Fsp3) is 0.412. The van der Waals surface area contributed by atoms with Crippen molar-refractivity contribution in [1.82, 2.24) is 15.1 Å². The van der Waals surface area contributed by atoms with E-state index in [4.69, 9.17) is 11.6 Å². The van der Waals surface area contributed by atoms with Crippen molar-refractivity contribution in [2.24, 2.45) is 0 Å². The summed E-state index contributed by atoms with van der Waals surface area (Å²) in [6.07, 6.45) is 3.92. The van der Waals surface area contributed by atoms with Crippen molar-refractivity contribution < 1.29 is 4.39 Å². The molecule has 6 heteroatoms. The number of hydrogen-bond donors (Lipinski definition) is 0. The number of hydrogen-bond acceptors (Lipinski definition) is 4. The van der Waals surface area contributed by atoms with Crippen LogP contribution in [0.3, 0.4) is 0 Å². The molecule has 1 aromatic carbocycles. The van der Waals surface area contributed by atoms with Crippen LogP contribution >= 0.6 is 11.6 Å². The molecular weight excluding hydrogens is 315 g/mol. The molecular formula is C17H20ClFN4. The maximum absolute atomic E-state index is 13.9. The lowest BCUT2D eigenvalue weighted by atomic mass is 10.1. The van der Waals surface area contributed by atoms with Gasteiger partial charge in [-0.1, -0.05) is 17.7 Å². The fourth-order valence-corrected chi connectivity index (χ4v) is 3.37. The summed E-state index contributed by atoms with van der Waals surface area (Å²) < 4.78 is 13.9. The van der Waals surface area contributed by atoms with E-state index in [-0.39, 0.29) is 5.82 Å². The first-order chi connectivity index (χ1) is 11.1. The van der Waals surface area contributed by atoms with Crippen LogP contribution in [0.4, 0.5) is 10.2 Å². The monoisotopic (exact) mass is 334 g/mol. The summed E-state index contributed by atoms with van der Waals surface area (Å²) in [7, 11) is 2.00. The van der Waals surface area contributed by atoms with E-state index in [0.717, 1.165) is 31.7 Å². The number of anilines is 1. The van der Waals surface area contributed by atoms with Gasteiger partial charge in [-0.25, -0.2) is 4.39 Å². The fourth-order valence-electron chi connectivity index (χ4n) is 3.15. The van der Waals surface area contributed by atoms with Gasteiger partial charge < -0.3 is 4.90 Å². The van der Waals surface area contributed by atoms with Crippen LogP contribution in [0.25, 0.3) is 0 Å². The zero-order valence-electron chi connectivity index (χ0n) is 13.1. The molecule has 2 heterocycles. The Kier molecular flexibility index (Phi) is 5.08. The van der Waals surface area contributed by atoms with Gasteiger partial charge in [0.2, 0.25) is 0 Å². The summed E-state index contributed by atoms with van der Waals surface area (Å²) in [4.78, 5) is 4.40. The summed E-state index contributed by atoms with van der Waals surface area (Å²) in [5.74, 6) is 0.661. The molecule has 0 N–H and O–H groups in total. The highest BCUT2D eigenvalue weighted by Gasteiger charge is 2.27. The minimum atomic E-state index is -0.249. The molecule has 0 bridgehead atoms. The van der Waals surface area contributed by atoms with Gasteiger partial charge in [0.05, 0.1) is 0 Å². The lowest BCUT2D eigenvalue weighted by Gasteiger charge is -2.29. The molecule has 2 aromatic rings. The molecule has 1 fully saturated rings. The number of benzene rings is 1. The number of halogens is 2. The molecule has 1 aliphatic heterocycles. The third-order valence-electron chi connectivity index (χ3n) is 4.24. The van der Waals surface area contributed by atoms with Crippen molar-refractivity contribution in [3.63, 3.8) is 0 Å². The molecule has 3 rings (SSSR count). The van der Waals surface area contributed by atoms with E-state index in [1.54, 1.807) is 18.3 Å². The average molecular weight is 335 g/mol. The molecule has 1 aliphatic rings. The van der Waals surface area contributed by atoms with E-state index in [0.29, 0.717) is 23.2 Å². The van der Waals surface area contributed by atoms with Crippen LogP contribution in [0, 0.1) is 5.82 Å². The van der Waals surface area contributed by atoms with Crippen molar-refractivity contribution >= 4 is 17.4 Å². The molecule has 1 unspecified atom stereocenters. The van der Waals surface area contributed by atoms with Crippen molar-refractivity contribution in [2.45, 2.75) is 25.4 Å². The normalized spacial score (nSPS) is 17.9. The van der Waals surface area contributed by atoms with Crippen LogP contribution in [-0.2, 0) is 6.54 Å². The Morgan fingerprint density at radius 3 is 2.96 bits per heavy atom. The predicted molar refractivity (Wildman–Crippen MR) is 90.1 cm³/mol. The van der Waals surface area contributed by atoms with E-state index in [1.165, 1.54) is 6.07 Å². The molecule has 4 nitrogen and oxygen atoms in total. The number of nitrogens with zero attached hydrogens (tertiary/aromatic N) is 4. The first-order valence-electron chi connectivity index (χ1n) is 7.81. The summed E-state index contributed by atoms with van der Waals surface area (Å²) in [6, 6.07) is 9.07. The molecule has 0 aliphatic carbocycles. The van der Waals surface area contributed by atoms with Gasteiger partial charge in [0.25, 0.3) is 0 Å². The van der Waals surface area contributed by atoms with Gasteiger partial charge in [-0.2, -0.15) is 5.10 Å². The van der Waals surface area contributed by atoms with Crippen LogP contribution in [0.2, 0.25) is 5.02 Å². The minimum Gasteiger partial charge on any atom is -0.351 e. The maximum atomic E-state index is 13.9. The van der Waals surface area contributed by atoms with E-state index < -0.39 is 0 Å². The largest absolute Gasteiger partial charge is 0.351 e. The third kappa shape index (κ3) is 3.79. The zero-order valence-corrected chi connectivity index (χ0v) is 13.9. The van der Waals surface area contributed by atoms with E-state index in [1.807, 2.05) is 19.2 Å². The first kappa shape index (κ1) is 16.1. The molecule has 0 spiro atoms. The second-order valence-electron chi connectivity index (χ2n) is 5.97. The Labute approximate surface area is 140 Å². The first-order valence-corrected chi connectivity index (χ1v) is 8.18. The van der Waals surface area contributed by atoms with E-state index >= 15 is 0 Å². The average Bonchev–Trinajstić information content (AvgIpc) is 3.00. The smallest absolute Gasteiger partial charge is 0.151 e. The van der Waals surface area contributed by atoms with Crippen molar-refractivity contribution in [2.75, 3.05) is 25.0 Å². The highest BCUT2D eigenvalue weighted by molar-refractivity contribution is 6.31. The van der Waals surface area contributed by atoms with Gasteiger partial charge in [0, 0.05) is 42.5 Å². The Hall–Kier alpha value is -1.72. The Morgan fingerprint density at radius 1 is 1.35 bits per heavy atom. The van der Waals surface area contributed by atoms with Gasteiger partial charge in [0.15, 0.2) is 5.82 Å². The standard InChI is InChI=1S/C17H20ClFN4/c1-22(12-14-15(18)6-2-7-16(14)19)11-13-5-4-10-23(13)17-8-3-9-20-21-17/h2-3,6-9,13H,4-5,10-12H2,1H3. The van der Waals surface area contributed by atoms with Gasteiger partial charge in [-0.05, 0) is 44.2 Å². The summed E-state index contributed by atoms with van der Waals surface area (Å²) in [5.41, 5.74) is 0.556. The lowest BCUT2D eigenvalue weighted by molar-refractivity contribution is 0.298. The predicted octanol–water partition coefficient (Wildman–Crippen LogP) is 3.37. The molecule has 0 radical (unpaired) electrons. The quantitative estimate of drug-likeness (QED) is 0.839. The van der Waals surface area contributed by atoms with E-state index in [2.05, 4.69) is 20.0 Å². The van der Waals surface area contributed by atoms with Crippen molar-refractivity contribution in [1.29, 1.82) is 0 Å². The van der Waals surface area contributed by atoms with Crippen LogP contribution in [0.1, 0.15) is 18.4 Å². The van der Waals surface area contributed by atoms with Gasteiger partial charge >= 0.3 is 0 Å². The second-order valence-corrected chi connectivity index (χ2v) is 6.38. The Morgan fingerprint density at radius 2 is 2.22 bits per heavy atom. The van der Waals surface area contributed by atoms with Crippen molar-refractivity contribution in [3.05, 3.63) is 52.9 Å². The zero-order chi connectivity index (χ0) is 16.2. The highest BCUT2D eigenvalue weighted by atomic mass is 35.5. The van der Waals surface area contributed by atoms with Crippen LogP contribution < -0.4 is 4.90 Å². The topological polar surface area (TPSA) is 32.3 Å². The summed E-state index contributed by atoms with van der Waals surface area (Å²) in [5, 5.41) is 8.65. The maximum Gasteiger partial charge on any atom is 0.151 e. The SMILES string of the molecule is CN(Cc1c(F)cccc1Cl)CC1CCCN1c1cccnn1. The number of aromatic nitrogens is 2. The molecule has 122 valence electrons. The Bertz CT molecular complexity index is 632. The van der Waals surface area contributed by atoms with Crippen LogP contribution in [0.15, 0.2) is 36.5 Å². The third-order valence-corrected chi connectivity index (χ3v) is 4.60. The van der Waals surface area contributed by atoms with Crippen molar-refractivity contribution in [3.8, 4) is 0 Å². The summed E-state index contributed by atoms with van der Waals surface area (Å²) in [6.45, 7) is 2.31. The van der Waals surface area contributed by atoms with Crippen LogP contribution in [-0.4, -0.2) is 41.3 Å². The van der Waals surface area contributed by atoms with Gasteiger partial charge in [-0.15, -0.1) is 5.10 Å². The molecule has 1 aromatic heterocycles. The van der Waals surface area contributed by atoms with Gasteiger partial charge in [0.1, 0.15) is 5.82 Å². The molecule has 1 atom stereocenters. The minimum absolute atomic E-state index is 0.249. The van der Waals surface area contributed by atoms with E-state index in [9.17, 15) is 4.39 Å². The lowest BCUT2D eigenvalue weighted by Crippen LogP contribution is -2.39. The molecule has 23 heavy (non-hydrogen) atoms. The molecule has 0 saturated carbocycles. The molecule has 0 amide bonds. The van der Waals surface area contributed by atoms with Gasteiger partial charge in [-0.3, -0.25) is 4.90 Å². The Balaban J connectivity index is 1.66. The highest BCUT2D eigenvalue weighted by Crippen LogP contribution is 2.25. The number of rotatable bonds is 5. The molecule has 1 saturated heterocycles. The summed E-state index contributed by atoms with van der Waals surface area (Å²) >= 11 is 6.12. The van der Waals surface area contributed by atoms with Crippen LogP contribution in [0.5, 0.6) is 0 Å². The number of likely N-dealkylation sites (N-methyl/N-ethyl adjacent to an activating group) is 1. The second kappa shape index (κ2) is 7.23.